The highest BCUT2D eigenvalue weighted by molar-refractivity contribution is 5.79. The highest BCUT2D eigenvalue weighted by Crippen LogP contribution is 2.37. The highest BCUT2D eigenvalue weighted by atomic mass is 16.5. The molecule has 2 saturated heterocycles. The van der Waals surface area contributed by atoms with Crippen molar-refractivity contribution in [3.05, 3.63) is 41.2 Å². The minimum Gasteiger partial charge on any atom is -0.376 e. The molecule has 3 fully saturated rings. The Labute approximate surface area is 248 Å². The van der Waals surface area contributed by atoms with Crippen molar-refractivity contribution in [1.29, 1.82) is 0 Å². The number of nitrogens with zero attached hydrogens (tertiary/aromatic N) is 6. The number of rotatable bonds is 7. The number of imidazole rings is 1. The van der Waals surface area contributed by atoms with Gasteiger partial charge in [-0.1, -0.05) is 19.3 Å². The van der Waals surface area contributed by atoms with E-state index in [1.54, 1.807) is 19.3 Å². The van der Waals surface area contributed by atoms with Crippen molar-refractivity contribution in [2.75, 3.05) is 20.2 Å². The maximum Gasteiger partial charge on any atom is 0.251 e. The zero-order valence-electron chi connectivity index (χ0n) is 25.5. The monoisotopic (exact) mass is 578 g/mol. The Morgan fingerprint density at radius 3 is 2.62 bits per heavy atom. The summed E-state index contributed by atoms with van der Waals surface area (Å²) in [4.78, 5) is 32.7. The molecule has 1 amide bonds. The molecule has 5 heterocycles. The van der Waals surface area contributed by atoms with Gasteiger partial charge in [-0.25, -0.2) is 14.5 Å². The Kier molecular flexibility index (Phi) is 9.67. The van der Waals surface area contributed by atoms with E-state index in [1.165, 1.54) is 36.8 Å². The zero-order valence-corrected chi connectivity index (χ0v) is 25.5. The summed E-state index contributed by atoms with van der Waals surface area (Å²) < 4.78 is 9.36. The fourth-order valence-electron chi connectivity index (χ4n) is 6.83. The molecule has 6 rings (SSSR count). The SMILES string of the molecule is CNC(c1cn2nc(CC3CCCNC3=O)c(C3CCOC(C)(C)C3)nc2n1)C1CCCCC1.Cn1nccc1C=O. The Morgan fingerprint density at radius 2 is 1.98 bits per heavy atom. The van der Waals surface area contributed by atoms with Gasteiger partial charge in [0.1, 0.15) is 5.69 Å². The summed E-state index contributed by atoms with van der Waals surface area (Å²) in [5.41, 5.74) is 3.40. The third-order valence-electron chi connectivity index (χ3n) is 9.09. The molecule has 2 N–H and O–H groups in total. The van der Waals surface area contributed by atoms with E-state index in [0.717, 1.165) is 62.2 Å². The smallest absolute Gasteiger partial charge is 0.251 e. The molecule has 0 aromatic carbocycles. The molecule has 3 aliphatic rings. The van der Waals surface area contributed by atoms with Crippen LogP contribution in [-0.4, -0.2) is 67.4 Å². The zero-order chi connectivity index (χ0) is 29.7. The lowest BCUT2D eigenvalue weighted by Crippen LogP contribution is -2.38. The minimum atomic E-state index is -0.186. The number of nitrogens with one attached hydrogen (secondary N) is 2. The molecule has 1 aliphatic carbocycles. The number of aryl methyl sites for hydroxylation is 1. The Morgan fingerprint density at radius 1 is 1.17 bits per heavy atom. The average Bonchev–Trinajstić information content (AvgIpc) is 3.59. The van der Waals surface area contributed by atoms with Gasteiger partial charge in [0.15, 0.2) is 6.29 Å². The fourth-order valence-corrected chi connectivity index (χ4v) is 6.83. The number of hydrogen-bond donors (Lipinski definition) is 2. The van der Waals surface area contributed by atoms with E-state index in [-0.39, 0.29) is 29.4 Å². The molecule has 228 valence electrons. The van der Waals surface area contributed by atoms with E-state index in [9.17, 15) is 9.59 Å². The van der Waals surface area contributed by atoms with Crippen molar-refractivity contribution < 1.29 is 14.3 Å². The van der Waals surface area contributed by atoms with Gasteiger partial charge in [0.2, 0.25) is 5.91 Å². The van der Waals surface area contributed by atoms with Crippen molar-refractivity contribution in [3.63, 3.8) is 0 Å². The normalized spacial score (nSPS) is 23.6. The second kappa shape index (κ2) is 13.4. The number of piperidine rings is 1. The third-order valence-corrected chi connectivity index (χ3v) is 9.09. The number of ether oxygens (including phenoxy) is 1. The van der Waals surface area contributed by atoms with Crippen LogP contribution < -0.4 is 10.6 Å². The molecule has 3 aromatic heterocycles. The molecular formula is C31H46N8O3. The molecule has 3 atom stereocenters. The quantitative estimate of drug-likeness (QED) is 0.404. The second-order valence-electron chi connectivity index (χ2n) is 12.6. The molecule has 0 radical (unpaired) electrons. The van der Waals surface area contributed by atoms with Crippen molar-refractivity contribution >= 4 is 18.0 Å². The van der Waals surface area contributed by atoms with Gasteiger partial charge in [0, 0.05) is 44.7 Å². The molecule has 2 aliphatic heterocycles. The van der Waals surface area contributed by atoms with Gasteiger partial charge in [0.05, 0.1) is 34.9 Å². The van der Waals surface area contributed by atoms with E-state index in [2.05, 4.69) is 35.8 Å². The number of fused-ring (bicyclic) bond motifs is 1. The fraction of sp³-hybridized carbons (Fsp3) is 0.677. The third kappa shape index (κ3) is 7.06. The molecule has 1 saturated carbocycles. The van der Waals surface area contributed by atoms with Gasteiger partial charge in [-0.05, 0) is 71.4 Å². The summed E-state index contributed by atoms with van der Waals surface area (Å²) in [5.74, 6) is 1.64. The van der Waals surface area contributed by atoms with Crippen LogP contribution in [0.5, 0.6) is 0 Å². The topological polar surface area (TPSA) is 128 Å². The van der Waals surface area contributed by atoms with E-state index in [1.807, 2.05) is 11.6 Å². The van der Waals surface area contributed by atoms with E-state index >= 15 is 0 Å². The Bertz CT molecular complexity index is 1360. The number of aromatic nitrogens is 6. The van der Waals surface area contributed by atoms with Crippen LogP contribution in [0, 0.1) is 11.8 Å². The summed E-state index contributed by atoms with van der Waals surface area (Å²) in [7, 11) is 3.76. The molecule has 0 spiro atoms. The lowest BCUT2D eigenvalue weighted by molar-refractivity contribution is -0.126. The first-order valence-corrected chi connectivity index (χ1v) is 15.6. The van der Waals surface area contributed by atoms with Gasteiger partial charge in [-0.3, -0.25) is 14.3 Å². The van der Waals surface area contributed by atoms with Crippen LogP contribution >= 0.6 is 0 Å². The Hall–Kier alpha value is -3.18. The molecule has 11 heteroatoms. The molecule has 11 nitrogen and oxygen atoms in total. The number of hydrogen-bond acceptors (Lipinski definition) is 8. The lowest BCUT2D eigenvalue weighted by atomic mass is 9.83. The van der Waals surface area contributed by atoms with Crippen LogP contribution in [0.2, 0.25) is 0 Å². The second-order valence-corrected chi connectivity index (χ2v) is 12.6. The van der Waals surface area contributed by atoms with Crippen LogP contribution in [0.1, 0.15) is 111 Å². The molecule has 3 unspecified atom stereocenters. The molecule has 42 heavy (non-hydrogen) atoms. The summed E-state index contributed by atoms with van der Waals surface area (Å²) >= 11 is 0. The van der Waals surface area contributed by atoms with Crippen LogP contribution in [0.3, 0.4) is 0 Å². The predicted molar refractivity (Wildman–Crippen MR) is 159 cm³/mol. The first-order valence-electron chi connectivity index (χ1n) is 15.6. The Balaban J connectivity index is 0.000000382. The average molecular weight is 579 g/mol. The van der Waals surface area contributed by atoms with E-state index in [0.29, 0.717) is 23.8 Å². The number of carbonyl (C=O) groups excluding carboxylic acids is 2. The van der Waals surface area contributed by atoms with Gasteiger partial charge in [-0.2, -0.15) is 10.2 Å². The van der Waals surface area contributed by atoms with Gasteiger partial charge in [-0.15, -0.1) is 0 Å². The maximum atomic E-state index is 12.6. The van der Waals surface area contributed by atoms with Crippen LogP contribution in [0.25, 0.3) is 5.78 Å². The number of aldehydes is 1. The summed E-state index contributed by atoms with van der Waals surface area (Å²) in [6.07, 6.45) is 15.2. The van der Waals surface area contributed by atoms with Crippen LogP contribution in [0.4, 0.5) is 0 Å². The molecular weight excluding hydrogens is 532 g/mol. The predicted octanol–water partition coefficient (Wildman–Crippen LogP) is 3.94. The van der Waals surface area contributed by atoms with Crippen molar-refractivity contribution in [2.24, 2.45) is 18.9 Å². The maximum absolute atomic E-state index is 12.6. The first kappa shape index (κ1) is 30.3. The minimum absolute atomic E-state index is 0.0395. The summed E-state index contributed by atoms with van der Waals surface area (Å²) in [5, 5.41) is 15.4. The molecule has 3 aromatic rings. The largest absolute Gasteiger partial charge is 0.376 e. The standard InChI is InChI=1S/C26H40N6O2.C5H6N2O/c1-26(2)15-19(11-13-34-26)23-20(14-18-10-7-12-28-24(18)33)31-32-16-21(29-25(32)30-23)22(27-3)17-8-5-4-6-9-17;1-7-5(4-8)2-3-6-7/h16-19,22,27H,4-15H2,1-3H3,(H,28,33);2-4H,1H3. The van der Waals surface area contributed by atoms with Gasteiger partial charge < -0.3 is 15.4 Å². The van der Waals surface area contributed by atoms with Gasteiger partial charge >= 0.3 is 0 Å². The number of amides is 1. The summed E-state index contributed by atoms with van der Waals surface area (Å²) in [6, 6.07) is 1.88. The van der Waals surface area contributed by atoms with Crippen molar-refractivity contribution in [3.8, 4) is 0 Å². The van der Waals surface area contributed by atoms with Crippen molar-refractivity contribution in [1.82, 2.24) is 40.0 Å². The highest BCUT2D eigenvalue weighted by Gasteiger charge is 2.34. The number of carbonyl (C=O) groups is 2. The first-order chi connectivity index (χ1) is 20.3. The van der Waals surface area contributed by atoms with E-state index in [4.69, 9.17) is 19.8 Å². The summed E-state index contributed by atoms with van der Waals surface area (Å²) in [6.45, 7) is 5.79. The van der Waals surface area contributed by atoms with E-state index < -0.39 is 0 Å². The van der Waals surface area contributed by atoms with Crippen molar-refractivity contribution in [2.45, 2.75) is 95.6 Å². The van der Waals surface area contributed by atoms with Crippen LogP contribution in [-0.2, 0) is 23.0 Å². The van der Waals surface area contributed by atoms with Crippen LogP contribution in [0.15, 0.2) is 18.5 Å². The lowest BCUT2D eigenvalue weighted by Gasteiger charge is -2.35. The molecule has 0 bridgehead atoms. The van der Waals surface area contributed by atoms with Gasteiger partial charge in [0.25, 0.3) is 5.78 Å².